The third kappa shape index (κ3) is 2.49. The molecular formula is C11H10N6O. The van der Waals surface area contributed by atoms with E-state index in [2.05, 4.69) is 20.8 Å². The molecule has 2 rings (SSSR count). The van der Waals surface area contributed by atoms with Crippen molar-refractivity contribution in [2.75, 3.05) is 5.32 Å². The zero-order valence-corrected chi connectivity index (χ0v) is 9.66. The number of benzene rings is 1. The highest BCUT2D eigenvalue weighted by Crippen LogP contribution is 2.18. The van der Waals surface area contributed by atoms with Crippen LogP contribution in [0.4, 0.5) is 5.69 Å². The largest absolute Gasteiger partial charge is 0.325 e. The number of aromatic nitrogens is 4. The van der Waals surface area contributed by atoms with E-state index < -0.39 is 0 Å². The molecule has 0 aliphatic heterocycles. The van der Waals surface area contributed by atoms with E-state index in [1.165, 1.54) is 11.0 Å². The Hall–Kier alpha value is -2.75. The number of nitrogens with zero attached hydrogens (tertiary/aromatic N) is 5. The second-order valence-corrected chi connectivity index (χ2v) is 3.64. The van der Waals surface area contributed by atoms with Gasteiger partial charge in [0.1, 0.15) is 12.7 Å². The molecule has 0 fully saturated rings. The highest BCUT2D eigenvalue weighted by molar-refractivity contribution is 5.93. The summed E-state index contributed by atoms with van der Waals surface area (Å²) in [5, 5.41) is 22.0. The number of nitrogens with one attached hydrogen (secondary N) is 1. The summed E-state index contributed by atoms with van der Waals surface area (Å²) >= 11 is 0. The Bertz CT molecular complexity index is 598. The Labute approximate surface area is 103 Å². The number of tetrazole rings is 1. The number of carbonyl (C=O) groups excluding carboxylic acids is 1. The number of aryl methyl sites for hydroxylation is 1. The van der Waals surface area contributed by atoms with Gasteiger partial charge in [0.15, 0.2) is 0 Å². The van der Waals surface area contributed by atoms with Crippen LogP contribution in [0.5, 0.6) is 0 Å². The van der Waals surface area contributed by atoms with Crippen molar-refractivity contribution in [2.45, 2.75) is 13.3 Å². The van der Waals surface area contributed by atoms with Crippen molar-refractivity contribution >= 4 is 11.6 Å². The predicted molar refractivity (Wildman–Crippen MR) is 62.8 cm³/mol. The Morgan fingerprint density at radius 1 is 1.56 bits per heavy atom. The fraction of sp³-hybridized carbons (Fsp3) is 0.182. The molecular weight excluding hydrogens is 232 g/mol. The van der Waals surface area contributed by atoms with E-state index in [-0.39, 0.29) is 12.3 Å². The second kappa shape index (κ2) is 5.05. The van der Waals surface area contributed by atoms with E-state index in [1.54, 1.807) is 12.1 Å². The lowest BCUT2D eigenvalue weighted by atomic mass is 10.1. The van der Waals surface area contributed by atoms with E-state index >= 15 is 0 Å². The summed E-state index contributed by atoms with van der Waals surface area (Å²) in [7, 11) is 0. The van der Waals surface area contributed by atoms with Gasteiger partial charge in [0.2, 0.25) is 5.91 Å². The van der Waals surface area contributed by atoms with Crippen LogP contribution in [0.3, 0.4) is 0 Å². The zero-order chi connectivity index (χ0) is 13.0. The topological polar surface area (TPSA) is 96.5 Å². The van der Waals surface area contributed by atoms with Crippen LogP contribution in [-0.4, -0.2) is 26.1 Å². The van der Waals surface area contributed by atoms with Gasteiger partial charge in [0, 0.05) is 5.69 Å². The molecule has 0 spiro atoms. The summed E-state index contributed by atoms with van der Waals surface area (Å²) in [5.41, 5.74) is 2.28. The van der Waals surface area contributed by atoms with Gasteiger partial charge in [0.05, 0.1) is 11.8 Å². The van der Waals surface area contributed by atoms with Crippen molar-refractivity contribution in [1.82, 2.24) is 20.2 Å². The first-order chi connectivity index (χ1) is 8.70. The zero-order valence-electron chi connectivity index (χ0n) is 9.66. The van der Waals surface area contributed by atoms with Gasteiger partial charge < -0.3 is 5.32 Å². The van der Waals surface area contributed by atoms with Crippen LogP contribution < -0.4 is 5.32 Å². The maximum Gasteiger partial charge on any atom is 0.238 e. The summed E-state index contributed by atoms with van der Waals surface area (Å²) in [6.07, 6.45) is 1.29. The van der Waals surface area contributed by atoms with Gasteiger partial charge in [-0.05, 0) is 35.0 Å². The van der Waals surface area contributed by atoms with E-state index in [0.717, 1.165) is 11.3 Å². The van der Waals surface area contributed by atoms with Crippen LogP contribution >= 0.6 is 0 Å². The van der Waals surface area contributed by atoms with Crippen molar-refractivity contribution < 1.29 is 4.79 Å². The summed E-state index contributed by atoms with van der Waals surface area (Å²) in [5.74, 6) is -0.338. The van der Waals surface area contributed by atoms with Crippen LogP contribution in [0, 0.1) is 18.3 Å². The van der Waals surface area contributed by atoms with Crippen molar-refractivity contribution in [1.29, 1.82) is 5.26 Å². The maximum absolute atomic E-state index is 11.4. The molecule has 0 saturated heterocycles. The van der Waals surface area contributed by atoms with Crippen molar-refractivity contribution in [3.8, 4) is 11.8 Å². The van der Waals surface area contributed by atoms with Gasteiger partial charge in [-0.1, -0.05) is 6.07 Å². The van der Waals surface area contributed by atoms with E-state index in [9.17, 15) is 4.79 Å². The molecule has 1 aromatic heterocycles. The standard InChI is InChI=1S/C11H10N6O/c1-8-2-3-9(17-7-13-15-16-17)6-10(8)14-11(18)4-5-12/h2-3,6-7H,4H2,1H3,(H,14,18). The van der Waals surface area contributed by atoms with Crippen LogP contribution in [0.15, 0.2) is 24.5 Å². The first-order valence-electron chi connectivity index (χ1n) is 5.21. The minimum atomic E-state index is -0.338. The lowest BCUT2D eigenvalue weighted by Gasteiger charge is -2.08. The average molecular weight is 242 g/mol. The molecule has 1 heterocycles. The minimum absolute atomic E-state index is 0.172. The molecule has 1 N–H and O–H groups in total. The van der Waals surface area contributed by atoms with E-state index in [0.29, 0.717) is 5.69 Å². The van der Waals surface area contributed by atoms with Crippen LogP contribution in [0.25, 0.3) is 5.69 Å². The molecule has 7 nitrogen and oxygen atoms in total. The first kappa shape index (κ1) is 11.7. The molecule has 1 amide bonds. The Kier molecular flexibility index (Phi) is 3.29. The number of amides is 1. The third-order valence-corrected chi connectivity index (χ3v) is 2.35. The van der Waals surface area contributed by atoms with Gasteiger partial charge in [-0.3, -0.25) is 4.79 Å². The van der Waals surface area contributed by atoms with Gasteiger partial charge >= 0.3 is 0 Å². The average Bonchev–Trinajstić information content (AvgIpc) is 2.86. The smallest absolute Gasteiger partial charge is 0.238 e. The second-order valence-electron chi connectivity index (χ2n) is 3.64. The summed E-state index contributed by atoms with van der Waals surface area (Å²) in [6, 6.07) is 7.24. The van der Waals surface area contributed by atoms with Crippen LogP contribution in [-0.2, 0) is 4.79 Å². The summed E-state index contributed by atoms with van der Waals surface area (Å²) in [6.45, 7) is 1.87. The Morgan fingerprint density at radius 3 is 3.06 bits per heavy atom. The quantitative estimate of drug-likeness (QED) is 0.859. The van der Waals surface area contributed by atoms with Crippen LogP contribution in [0.1, 0.15) is 12.0 Å². The molecule has 2 aromatic rings. The van der Waals surface area contributed by atoms with Gasteiger partial charge in [-0.15, -0.1) is 5.10 Å². The summed E-state index contributed by atoms with van der Waals surface area (Å²) in [4.78, 5) is 11.4. The number of nitriles is 1. The number of carbonyl (C=O) groups is 1. The normalized spacial score (nSPS) is 9.78. The molecule has 0 atom stereocenters. The monoisotopic (exact) mass is 242 g/mol. The molecule has 90 valence electrons. The number of hydrogen-bond acceptors (Lipinski definition) is 5. The Morgan fingerprint density at radius 2 is 2.39 bits per heavy atom. The molecule has 1 aromatic carbocycles. The summed E-state index contributed by atoms with van der Waals surface area (Å²) < 4.78 is 1.49. The fourth-order valence-corrected chi connectivity index (χ4v) is 1.43. The molecule has 18 heavy (non-hydrogen) atoms. The number of rotatable bonds is 3. The minimum Gasteiger partial charge on any atom is -0.325 e. The van der Waals surface area contributed by atoms with Gasteiger partial charge in [-0.2, -0.15) is 5.26 Å². The predicted octanol–water partition coefficient (Wildman–Crippen LogP) is 0.823. The van der Waals surface area contributed by atoms with Crippen molar-refractivity contribution in [2.24, 2.45) is 0 Å². The van der Waals surface area contributed by atoms with Crippen molar-refractivity contribution in [3.63, 3.8) is 0 Å². The van der Waals surface area contributed by atoms with E-state index in [4.69, 9.17) is 5.26 Å². The lowest BCUT2D eigenvalue weighted by Crippen LogP contribution is -2.11. The molecule has 0 unspecified atom stereocenters. The lowest BCUT2D eigenvalue weighted by molar-refractivity contribution is -0.115. The van der Waals surface area contributed by atoms with Gasteiger partial charge in [0.25, 0.3) is 0 Å². The highest BCUT2D eigenvalue weighted by atomic mass is 16.1. The molecule has 0 saturated carbocycles. The molecule has 0 bridgehead atoms. The fourth-order valence-electron chi connectivity index (χ4n) is 1.43. The molecule has 0 radical (unpaired) electrons. The highest BCUT2D eigenvalue weighted by Gasteiger charge is 2.06. The van der Waals surface area contributed by atoms with Crippen LogP contribution in [0.2, 0.25) is 0 Å². The third-order valence-electron chi connectivity index (χ3n) is 2.35. The van der Waals surface area contributed by atoms with Gasteiger partial charge in [-0.25, -0.2) is 4.68 Å². The number of hydrogen-bond donors (Lipinski definition) is 1. The number of anilines is 1. The Balaban J connectivity index is 2.28. The molecule has 0 aliphatic rings. The maximum atomic E-state index is 11.4. The SMILES string of the molecule is Cc1ccc(-n2cnnn2)cc1NC(=O)CC#N. The van der Waals surface area contributed by atoms with Crippen molar-refractivity contribution in [3.05, 3.63) is 30.1 Å². The van der Waals surface area contributed by atoms with E-state index in [1.807, 2.05) is 19.1 Å². The molecule has 0 aliphatic carbocycles. The first-order valence-corrected chi connectivity index (χ1v) is 5.21. The molecule has 7 heteroatoms.